The molecule has 0 aliphatic rings. The number of hydrogen-bond acceptors (Lipinski definition) is 4. The second kappa shape index (κ2) is 5.86. The molecule has 5 heteroatoms. The smallest absolute Gasteiger partial charge is 0.227 e. The second-order valence-corrected chi connectivity index (χ2v) is 4.91. The van der Waals surface area contributed by atoms with Gasteiger partial charge < -0.3 is 9.42 Å². The van der Waals surface area contributed by atoms with Gasteiger partial charge in [-0.2, -0.15) is 0 Å². The fourth-order valence-electron chi connectivity index (χ4n) is 2.07. The Morgan fingerprint density at radius 1 is 1.40 bits per heavy atom. The predicted molar refractivity (Wildman–Crippen MR) is 75.1 cm³/mol. The van der Waals surface area contributed by atoms with Crippen molar-refractivity contribution in [3.63, 3.8) is 0 Å². The molecule has 0 fully saturated rings. The molecule has 0 bridgehead atoms. The summed E-state index contributed by atoms with van der Waals surface area (Å²) in [5.41, 5.74) is 2.52. The van der Waals surface area contributed by atoms with Gasteiger partial charge in [-0.3, -0.25) is 9.78 Å². The summed E-state index contributed by atoms with van der Waals surface area (Å²) >= 11 is 0. The lowest BCUT2D eigenvalue weighted by molar-refractivity contribution is -0.131. The number of carbonyl (C=O) groups is 1. The molecule has 5 nitrogen and oxygen atoms in total. The molecular weight excluding hydrogens is 254 g/mol. The third kappa shape index (κ3) is 2.87. The molecule has 2 aromatic rings. The van der Waals surface area contributed by atoms with Crippen molar-refractivity contribution in [2.24, 2.45) is 0 Å². The number of aromatic nitrogens is 2. The number of amides is 1. The summed E-state index contributed by atoms with van der Waals surface area (Å²) in [6.45, 7) is 5.64. The van der Waals surface area contributed by atoms with Crippen LogP contribution in [0.2, 0.25) is 0 Å². The van der Waals surface area contributed by atoms with Crippen LogP contribution in [0.1, 0.15) is 35.7 Å². The van der Waals surface area contributed by atoms with E-state index < -0.39 is 0 Å². The first-order valence-corrected chi connectivity index (χ1v) is 6.59. The van der Waals surface area contributed by atoms with E-state index in [0.717, 1.165) is 17.0 Å². The predicted octanol–water partition coefficient (Wildman–Crippen LogP) is 2.45. The zero-order valence-electron chi connectivity index (χ0n) is 12.3. The average molecular weight is 273 g/mol. The Bertz CT molecular complexity index is 573. The quantitative estimate of drug-likeness (QED) is 0.858. The van der Waals surface area contributed by atoms with E-state index in [0.29, 0.717) is 12.2 Å². The van der Waals surface area contributed by atoms with E-state index in [1.807, 2.05) is 39.0 Å². The summed E-state index contributed by atoms with van der Waals surface area (Å²) in [4.78, 5) is 18.4. The Morgan fingerprint density at radius 3 is 2.70 bits per heavy atom. The molecule has 0 saturated heterocycles. The maximum absolute atomic E-state index is 12.4. The summed E-state index contributed by atoms with van der Waals surface area (Å²) in [6, 6.07) is 5.64. The van der Waals surface area contributed by atoms with Crippen LogP contribution in [-0.2, 0) is 11.2 Å². The van der Waals surface area contributed by atoms with E-state index in [-0.39, 0.29) is 11.9 Å². The van der Waals surface area contributed by atoms with E-state index in [1.54, 1.807) is 18.1 Å². The zero-order valence-corrected chi connectivity index (χ0v) is 12.3. The molecule has 0 radical (unpaired) electrons. The highest BCUT2D eigenvalue weighted by molar-refractivity contribution is 5.79. The molecule has 1 unspecified atom stereocenters. The van der Waals surface area contributed by atoms with Gasteiger partial charge in [-0.25, -0.2) is 0 Å². The van der Waals surface area contributed by atoms with Gasteiger partial charge in [0.2, 0.25) is 5.91 Å². The zero-order chi connectivity index (χ0) is 14.7. The summed E-state index contributed by atoms with van der Waals surface area (Å²) in [5, 5.41) is 3.87. The second-order valence-electron chi connectivity index (χ2n) is 4.91. The maximum atomic E-state index is 12.4. The minimum atomic E-state index is -0.0656. The first kappa shape index (κ1) is 14.2. The first-order chi connectivity index (χ1) is 9.50. The average Bonchev–Trinajstić information content (AvgIpc) is 2.78. The van der Waals surface area contributed by atoms with E-state index >= 15 is 0 Å². The van der Waals surface area contributed by atoms with E-state index in [1.165, 1.54) is 0 Å². The molecule has 1 amide bonds. The fourth-order valence-corrected chi connectivity index (χ4v) is 2.07. The molecule has 0 N–H and O–H groups in total. The Kier molecular flexibility index (Phi) is 4.17. The molecule has 0 aliphatic heterocycles. The van der Waals surface area contributed by atoms with Gasteiger partial charge in [0.05, 0.1) is 23.9 Å². The normalized spacial score (nSPS) is 12.2. The Balaban J connectivity index is 2.09. The molecule has 0 spiro atoms. The summed E-state index contributed by atoms with van der Waals surface area (Å²) in [7, 11) is 1.79. The lowest BCUT2D eigenvalue weighted by atomic mass is 10.1. The monoisotopic (exact) mass is 273 g/mol. The fraction of sp³-hybridized carbons (Fsp3) is 0.400. The minimum Gasteiger partial charge on any atom is -0.361 e. The van der Waals surface area contributed by atoms with E-state index in [2.05, 4.69) is 10.1 Å². The van der Waals surface area contributed by atoms with Crippen LogP contribution >= 0.6 is 0 Å². The van der Waals surface area contributed by atoms with Crippen molar-refractivity contribution in [3.8, 4) is 0 Å². The topological polar surface area (TPSA) is 59.2 Å². The molecule has 0 aliphatic carbocycles. The van der Waals surface area contributed by atoms with Gasteiger partial charge in [-0.15, -0.1) is 0 Å². The molecule has 0 aromatic carbocycles. The number of likely N-dealkylation sites (N-methyl/N-ethyl adjacent to an activating group) is 1. The summed E-state index contributed by atoms with van der Waals surface area (Å²) in [6.07, 6.45) is 2.04. The lowest BCUT2D eigenvalue weighted by Gasteiger charge is -2.24. The minimum absolute atomic E-state index is 0.0255. The summed E-state index contributed by atoms with van der Waals surface area (Å²) in [5.74, 6) is 0.729. The van der Waals surface area contributed by atoms with E-state index in [4.69, 9.17) is 4.52 Å². The van der Waals surface area contributed by atoms with Gasteiger partial charge in [0.25, 0.3) is 0 Å². The third-order valence-electron chi connectivity index (χ3n) is 3.60. The van der Waals surface area contributed by atoms with E-state index in [9.17, 15) is 4.79 Å². The van der Waals surface area contributed by atoms with Crippen LogP contribution in [0.25, 0.3) is 0 Å². The number of aryl methyl sites for hydroxylation is 2. The van der Waals surface area contributed by atoms with Gasteiger partial charge in [0.15, 0.2) is 0 Å². The van der Waals surface area contributed by atoms with Crippen molar-refractivity contribution in [2.45, 2.75) is 33.2 Å². The highest BCUT2D eigenvalue weighted by Crippen LogP contribution is 2.19. The first-order valence-electron chi connectivity index (χ1n) is 6.59. The van der Waals surface area contributed by atoms with Gasteiger partial charge in [0, 0.05) is 18.8 Å². The van der Waals surface area contributed by atoms with Crippen LogP contribution in [-0.4, -0.2) is 28.0 Å². The molecule has 2 aromatic heterocycles. The van der Waals surface area contributed by atoms with Gasteiger partial charge in [0.1, 0.15) is 5.76 Å². The third-order valence-corrected chi connectivity index (χ3v) is 3.60. The molecule has 1 atom stereocenters. The number of rotatable bonds is 4. The SMILES string of the molecule is Cc1noc(C)c1CC(=O)N(C)C(C)c1ccccn1. The van der Waals surface area contributed by atoms with Crippen LogP contribution < -0.4 is 0 Å². The number of pyridine rings is 1. The number of nitrogens with zero attached hydrogens (tertiary/aromatic N) is 3. The van der Waals surface area contributed by atoms with Gasteiger partial charge in [-0.1, -0.05) is 11.2 Å². The number of carbonyl (C=O) groups excluding carboxylic acids is 1. The molecule has 2 heterocycles. The van der Waals surface area contributed by atoms with Crippen molar-refractivity contribution in [2.75, 3.05) is 7.05 Å². The molecule has 20 heavy (non-hydrogen) atoms. The van der Waals surface area contributed by atoms with Crippen molar-refractivity contribution in [3.05, 3.63) is 47.1 Å². The Morgan fingerprint density at radius 2 is 2.15 bits per heavy atom. The van der Waals surface area contributed by atoms with Gasteiger partial charge >= 0.3 is 0 Å². The molecular formula is C15H19N3O2. The molecule has 106 valence electrons. The maximum Gasteiger partial charge on any atom is 0.227 e. The molecule has 0 saturated carbocycles. The van der Waals surface area contributed by atoms with Gasteiger partial charge in [-0.05, 0) is 32.9 Å². The largest absolute Gasteiger partial charge is 0.361 e. The van der Waals surface area contributed by atoms with Crippen LogP contribution in [0.5, 0.6) is 0 Å². The highest BCUT2D eigenvalue weighted by Gasteiger charge is 2.21. The van der Waals surface area contributed by atoms with Crippen molar-refractivity contribution >= 4 is 5.91 Å². The standard InChI is InChI=1S/C15H19N3O2/c1-10-13(12(3)20-17-10)9-15(19)18(4)11(2)14-7-5-6-8-16-14/h5-8,11H,9H2,1-4H3. The highest BCUT2D eigenvalue weighted by atomic mass is 16.5. The van der Waals surface area contributed by atoms with Crippen LogP contribution in [0, 0.1) is 13.8 Å². The van der Waals surface area contributed by atoms with Crippen LogP contribution in [0.3, 0.4) is 0 Å². The Labute approximate surface area is 118 Å². The molecule has 2 rings (SSSR count). The van der Waals surface area contributed by atoms with Crippen molar-refractivity contribution in [1.82, 2.24) is 15.0 Å². The van der Waals surface area contributed by atoms with Crippen LogP contribution in [0.15, 0.2) is 28.9 Å². The van der Waals surface area contributed by atoms with Crippen molar-refractivity contribution in [1.29, 1.82) is 0 Å². The lowest BCUT2D eigenvalue weighted by Crippen LogP contribution is -2.31. The van der Waals surface area contributed by atoms with Crippen LogP contribution in [0.4, 0.5) is 0 Å². The van der Waals surface area contributed by atoms with Crippen molar-refractivity contribution < 1.29 is 9.32 Å². The number of hydrogen-bond donors (Lipinski definition) is 0. The Hall–Kier alpha value is -2.17. The summed E-state index contributed by atoms with van der Waals surface area (Å²) < 4.78 is 5.09.